The van der Waals surface area contributed by atoms with Crippen LogP contribution in [0, 0.1) is 5.92 Å². The van der Waals surface area contributed by atoms with Crippen molar-refractivity contribution in [2.24, 2.45) is 5.92 Å². The quantitative estimate of drug-likeness (QED) is 0.293. The molecule has 1 heterocycles. The second kappa shape index (κ2) is 9.53. The number of hydroxylamine groups is 1. The van der Waals surface area contributed by atoms with E-state index in [0.717, 1.165) is 25.4 Å². The van der Waals surface area contributed by atoms with Crippen molar-refractivity contribution < 1.29 is 19.5 Å². The van der Waals surface area contributed by atoms with Gasteiger partial charge in [-0.05, 0) is 62.4 Å². The van der Waals surface area contributed by atoms with Gasteiger partial charge in [0, 0.05) is 12.1 Å². The monoisotopic (exact) mass is 373 g/mol. The molecule has 7 nitrogen and oxygen atoms in total. The molecule has 0 bridgehead atoms. The van der Waals surface area contributed by atoms with Crippen molar-refractivity contribution in [1.29, 1.82) is 0 Å². The maximum Gasteiger partial charge on any atom is 0.274 e. The Morgan fingerprint density at radius 3 is 2.81 bits per heavy atom. The zero-order valence-corrected chi connectivity index (χ0v) is 15.4. The molecule has 3 N–H and O–H groups in total. The number of allylic oxidation sites excluding steroid dienone is 1. The zero-order valence-electron chi connectivity index (χ0n) is 15.4. The van der Waals surface area contributed by atoms with Crippen LogP contribution in [0.4, 0.5) is 0 Å². The fourth-order valence-corrected chi connectivity index (χ4v) is 3.72. The standard InChI is InChI=1S/C20H27N3O4/c24-19(14-23-11-9-15-3-1-2-4-17(15)13-23)21-10-12-27-18-7-5-16(6-8-18)20(25)22-26/h4-8,15,26H,1-3,9-14H2,(H,21,24)(H,22,25). The van der Waals surface area contributed by atoms with E-state index < -0.39 is 5.91 Å². The number of likely N-dealkylation sites (tertiary alicyclic amines) is 1. The van der Waals surface area contributed by atoms with E-state index in [1.54, 1.807) is 29.7 Å². The van der Waals surface area contributed by atoms with Gasteiger partial charge in [0.25, 0.3) is 5.91 Å². The Balaban J connectivity index is 1.34. The number of nitrogens with zero attached hydrogens (tertiary/aromatic N) is 1. The van der Waals surface area contributed by atoms with Crippen LogP contribution in [0.3, 0.4) is 0 Å². The van der Waals surface area contributed by atoms with E-state index in [9.17, 15) is 9.59 Å². The molecule has 1 atom stereocenters. The van der Waals surface area contributed by atoms with Crippen molar-refractivity contribution in [1.82, 2.24) is 15.7 Å². The zero-order chi connectivity index (χ0) is 19.1. The largest absolute Gasteiger partial charge is 0.492 e. The van der Waals surface area contributed by atoms with Crippen molar-refractivity contribution >= 4 is 11.8 Å². The fourth-order valence-electron chi connectivity index (χ4n) is 3.72. The van der Waals surface area contributed by atoms with Crippen LogP contribution in [0.2, 0.25) is 0 Å². The molecule has 0 spiro atoms. The number of piperidine rings is 1. The average molecular weight is 373 g/mol. The van der Waals surface area contributed by atoms with Crippen LogP contribution in [-0.4, -0.2) is 54.7 Å². The Morgan fingerprint density at radius 2 is 2.04 bits per heavy atom. The molecular formula is C20H27N3O4. The summed E-state index contributed by atoms with van der Waals surface area (Å²) in [5, 5.41) is 11.5. The number of hydrogen-bond donors (Lipinski definition) is 3. The molecule has 1 aromatic rings. The normalized spacial score (nSPS) is 19.6. The maximum absolute atomic E-state index is 12.1. The van der Waals surface area contributed by atoms with Gasteiger partial charge in [0.05, 0.1) is 13.1 Å². The highest BCUT2D eigenvalue weighted by Gasteiger charge is 2.26. The molecule has 7 heteroatoms. The van der Waals surface area contributed by atoms with Crippen molar-refractivity contribution in [3.05, 3.63) is 41.5 Å². The number of benzene rings is 1. The topological polar surface area (TPSA) is 90.9 Å². The molecule has 1 unspecified atom stereocenters. The van der Waals surface area contributed by atoms with Gasteiger partial charge in [-0.1, -0.05) is 11.6 Å². The van der Waals surface area contributed by atoms with Gasteiger partial charge in [0.1, 0.15) is 12.4 Å². The van der Waals surface area contributed by atoms with Gasteiger partial charge in [-0.3, -0.25) is 19.7 Å². The average Bonchev–Trinajstić information content (AvgIpc) is 2.71. The van der Waals surface area contributed by atoms with Gasteiger partial charge in [-0.15, -0.1) is 0 Å². The summed E-state index contributed by atoms with van der Waals surface area (Å²) in [6.45, 7) is 3.11. The van der Waals surface area contributed by atoms with E-state index in [-0.39, 0.29) is 5.91 Å². The van der Waals surface area contributed by atoms with Gasteiger partial charge >= 0.3 is 0 Å². The predicted octanol–water partition coefficient (Wildman–Crippen LogP) is 1.73. The van der Waals surface area contributed by atoms with E-state index in [2.05, 4.69) is 16.3 Å². The molecule has 146 valence electrons. The van der Waals surface area contributed by atoms with Gasteiger partial charge < -0.3 is 10.1 Å². The summed E-state index contributed by atoms with van der Waals surface area (Å²) in [7, 11) is 0. The number of ether oxygens (including phenoxy) is 1. The molecule has 0 saturated carbocycles. The van der Waals surface area contributed by atoms with Gasteiger partial charge in [0.2, 0.25) is 5.91 Å². The first kappa shape index (κ1) is 19.4. The summed E-state index contributed by atoms with van der Waals surface area (Å²) in [6, 6.07) is 6.41. The highest BCUT2D eigenvalue weighted by atomic mass is 16.5. The van der Waals surface area contributed by atoms with Gasteiger partial charge in [-0.25, -0.2) is 5.48 Å². The molecule has 1 aliphatic carbocycles. The Bertz CT molecular complexity index is 687. The third-order valence-electron chi connectivity index (χ3n) is 5.17. The van der Waals surface area contributed by atoms with Crippen molar-refractivity contribution in [2.45, 2.75) is 25.7 Å². The third-order valence-corrected chi connectivity index (χ3v) is 5.17. The number of rotatable bonds is 7. The molecule has 1 saturated heterocycles. The Labute approximate surface area is 159 Å². The maximum atomic E-state index is 12.1. The molecular weight excluding hydrogens is 346 g/mol. The summed E-state index contributed by atoms with van der Waals surface area (Å²) in [5.74, 6) is 0.789. The van der Waals surface area contributed by atoms with Gasteiger partial charge in [-0.2, -0.15) is 0 Å². The smallest absolute Gasteiger partial charge is 0.274 e. The minimum absolute atomic E-state index is 0.0171. The number of carbonyl (C=O) groups excluding carboxylic acids is 2. The lowest BCUT2D eigenvalue weighted by atomic mass is 9.82. The van der Waals surface area contributed by atoms with Crippen LogP contribution in [0.25, 0.3) is 0 Å². The van der Waals surface area contributed by atoms with Crippen molar-refractivity contribution in [3.63, 3.8) is 0 Å². The van der Waals surface area contributed by atoms with Crippen LogP contribution in [0.15, 0.2) is 35.9 Å². The first-order chi connectivity index (χ1) is 13.2. The minimum Gasteiger partial charge on any atom is -0.492 e. The summed E-state index contributed by atoms with van der Waals surface area (Å²) in [6.07, 6.45) is 7.30. The van der Waals surface area contributed by atoms with Crippen LogP contribution >= 0.6 is 0 Å². The molecule has 2 amide bonds. The molecule has 1 aromatic carbocycles. The molecule has 0 radical (unpaired) electrons. The third kappa shape index (κ3) is 5.55. The number of hydrogen-bond acceptors (Lipinski definition) is 5. The molecule has 3 rings (SSSR count). The van der Waals surface area contributed by atoms with Crippen LogP contribution < -0.4 is 15.5 Å². The van der Waals surface area contributed by atoms with E-state index >= 15 is 0 Å². The lowest BCUT2D eigenvalue weighted by molar-refractivity contribution is -0.122. The second-order valence-electron chi connectivity index (χ2n) is 7.07. The van der Waals surface area contributed by atoms with E-state index in [4.69, 9.17) is 9.94 Å². The molecule has 1 aliphatic heterocycles. The predicted molar refractivity (Wildman–Crippen MR) is 101 cm³/mol. The van der Waals surface area contributed by atoms with Crippen LogP contribution in [0.1, 0.15) is 36.0 Å². The number of fused-ring (bicyclic) bond motifs is 1. The molecule has 27 heavy (non-hydrogen) atoms. The Hall–Kier alpha value is -2.38. The highest BCUT2D eigenvalue weighted by Crippen LogP contribution is 2.31. The van der Waals surface area contributed by atoms with E-state index in [1.165, 1.54) is 24.8 Å². The minimum atomic E-state index is -0.568. The SMILES string of the molecule is O=C(CN1CCC2CCCC=C2C1)NCCOc1ccc(C(=O)NO)cc1. The summed E-state index contributed by atoms with van der Waals surface area (Å²) >= 11 is 0. The number of carbonyl (C=O) groups is 2. The lowest BCUT2D eigenvalue weighted by Crippen LogP contribution is -2.43. The van der Waals surface area contributed by atoms with Gasteiger partial charge in [0.15, 0.2) is 0 Å². The highest BCUT2D eigenvalue weighted by molar-refractivity contribution is 5.93. The summed E-state index contributed by atoms with van der Waals surface area (Å²) < 4.78 is 5.55. The molecule has 2 aliphatic rings. The van der Waals surface area contributed by atoms with Crippen LogP contribution in [0.5, 0.6) is 5.75 Å². The molecule has 1 fully saturated rings. The number of amides is 2. The van der Waals surface area contributed by atoms with E-state index in [0.29, 0.717) is 31.0 Å². The van der Waals surface area contributed by atoms with Crippen molar-refractivity contribution in [3.8, 4) is 5.75 Å². The van der Waals surface area contributed by atoms with Crippen LogP contribution in [-0.2, 0) is 4.79 Å². The molecule has 0 aromatic heterocycles. The summed E-state index contributed by atoms with van der Waals surface area (Å²) in [5.41, 5.74) is 3.44. The second-order valence-corrected chi connectivity index (χ2v) is 7.07. The van der Waals surface area contributed by atoms with E-state index in [1.807, 2.05) is 0 Å². The first-order valence-corrected chi connectivity index (χ1v) is 9.51. The van der Waals surface area contributed by atoms with Crippen molar-refractivity contribution in [2.75, 3.05) is 32.8 Å². The summed E-state index contributed by atoms with van der Waals surface area (Å²) in [4.78, 5) is 25.6. The fraction of sp³-hybridized carbons (Fsp3) is 0.500. The Kier molecular flexibility index (Phi) is 6.84. The first-order valence-electron chi connectivity index (χ1n) is 9.51. The number of nitrogens with one attached hydrogen (secondary N) is 2. The Morgan fingerprint density at radius 1 is 1.22 bits per heavy atom. The lowest BCUT2D eigenvalue weighted by Gasteiger charge is -2.35.